The Morgan fingerprint density at radius 1 is 1.28 bits per heavy atom. The van der Waals surface area contributed by atoms with Gasteiger partial charge in [-0.25, -0.2) is 0 Å². The number of guanidine groups is 1. The number of aryl methyl sites for hydroxylation is 1. The summed E-state index contributed by atoms with van der Waals surface area (Å²) in [5.41, 5.74) is 2.50. The second-order valence-corrected chi connectivity index (χ2v) is 7.05. The molecule has 160 valence electrons. The fourth-order valence-corrected chi connectivity index (χ4v) is 3.63. The third-order valence-corrected chi connectivity index (χ3v) is 5.13. The van der Waals surface area contributed by atoms with Crippen LogP contribution in [0.3, 0.4) is 0 Å². The summed E-state index contributed by atoms with van der Waals surface area (Å²) in [6.45, 7) is 5.70. The van der Waals surface area contributed by atoms with Crippen LogP contribution in [-0.4, -0.2) is 61.0 Å². The van der Waals surface area contributed by atoms with Gasteiger partial charge in [0.15, 0.2) is 17.5 Å². The van der Waals surface area contributed by atoms with E-state index in [1.807, 2.05) is 30.1 Å². The van der Waals surface area contributed by atoms with Crippen LogP contribution in [0.1, 0.15) is 30.4 Å². The van der Waals surface area contributed by atoms with Crippen molar-refractivity contribution in [3.05, 3.63) is 41.7 Å². The van der Waals surface area contributed by atoms with Crippen molar-refractivity contribution in [2.24, 2.45) is 12.0 Å². The van der Waals surface area contributed by atoms with Crippen molar-refractivity contribution in [2.45, 2.75) is 25.7 Å². The molecular weight excluding hydrogens is 481 g/mol. The van der Waals surface area contributed by atoms with Crippen molar-refractivity contribution >= 4 is 29.9 Å². The van der Waals surface area contributed by atoms with Gasteiger partial charge in [0.1, 0.15) is 0 Å². The fourth-order valence-electron chi connectivity index (χ4n) is 3.63. The lowest BCUT2D eigenvalue weighted by molar-refractivity contribution is 0.354. The molecular formula is C21H32IN5O2. The van der Waals surface area contributed by atoms with Gasteiger partial charge in [0.05, 0.1) is 20.4 Å². The molecule has 1 saturated heterocycles. The third-order valence-electron chi connectivity index (χ3n) is 5.13. The van der Waals surface area contributed by atoms with E-state index >= 15 is 0 Å². The van der Waals surface area contributed by atoms with E-state index in [1.165, 1.54) is 11.1 Å². The van der Waals surface area contributed by atoms with Crippen LogP contribution in [-0.2, 0) is 13.5 Å². The largest absolute Gasteiger partial charge is 0.493 e. The Labute approximate surface area is 190 Å². The number of ether oxygens (including phenoxy) is 2. The van der Waals surface area contributed by atoms with Gasteiger partial charge in [0.2, 0.25) is 0 Å². The molecule has 3 rings (SSSR count). The third kappa shape index (κ3) is 6.01. The van der Waals surface area contributed by atoms with E-state index in [0.717, 1.165) is 56.5 Å². The number of nitrogens with one attached hydrogen (secondary N) is 1. The van der Waals surface area contributed by atoms with Crippen molar-refractivity contribution in [1.29, 1.82) is 0 Å². The molecule has 1 atom stereocenters. The van der Waals surface area contributed by atoms with Gasteiger partial charge in [0.25, 0.3) is 0 Å². The number of hydrogen-bond acceptors (Lipinski definition) is 4. The Kier molecular flexibility index (Phi) is 9.06. The Bertz CT molecular complexity index is 808. The van der Waals surface area contributed by atoms with Crippen LogP contribution >= 0.6 is 24.0 Å². The van der Waals surface area contributed by atoms with Gasteiger partial charge in [-0.3, -0.25) is 9.67 Å². The van der Waals surface area contributed by atoms with Gasteiger partial charge in [-0.05, 0) is 43.0 Å². The number of halogens is 1. The maximum absolute atomic E-state index is 5.39. The van der Waals surface area contributed by atoms with E-state index in [1.54, 1.807) is 14.2 Å². The Hall–Kier alpha value is -1.97. The Morgan fingerprint density at radius 3 is 2.72 bits per heavy atom. The second kappa shape index (κ2) is 11.3. The molecule has 1 aliphatic heterocycles. The zero-order valence-electron chi connectivity index (χ0n) is 17.7. The smallest absolute Gasteiger partial charge is 0.193 e. The van der Waals surface area contributed by atoms with Gasteiger partial charge in [-0.15, -0.1) is 24.0 Å². The topological polar surface area (TPSA) is 63.9 Å². The van der Waals surface area contributed by atoms with E-state index in [4.69, 9.17) is 14.5 Å². The number of nitrogens with zero attached hydrogens (tertiary/aromatic N) is 4. The quantitative estimate of drug-likeness (QED) is 0.351. The molecule has 2 heterocycles. The second-order valence-electron chi connectivity index (χ2n) is 7.05. The summed E-state index contributed by atoms with van der Waals surface area (Å²) in [4.78, 5) is 7.22. The Balaban J connectivity index is 0.00000300. The molecule has 1 N–H and O–H groups in total. The molecule has 0 aliphatic carbocycles. The molecule has 0 bridgehead atoms. The first kappa shape index (κ1) is 23.3. The Morgan fingerprint density at radius 2 is 2.07 bits per heavy atom. The highest BCUT2D eigenvalue weighted by Crippen LogP contribution is 2.28. The van der Waals surface area contributed by atoms with E-state index in [2.05, 4.69) is 34.5 Å². The lowest BCUT2D eigenvalue weighted by Crippen LogP contribution is -2.40. The van der Waals surface area contributed by atoms with Crippen LogP contribution in [0.5, 0.6) is 11.5 Å². The van der Waals surface area contributed by atoms with E-state index in [9.17, 15) is 0 Å². The van der Waals surface area contributed by atoms with Gasteiger partial charge in [-0.1, -0.05) is 6.07 Å². The van der Waals surface area contributed by atoms with Gasteiger partial charge >= 0.3 is 0 Å². The van der Waals surface area contributed by atoms with Crippen molar-refractivity contribution in [2.75, 3.05) is 40.4 Å². The first-order valence-corrected chi connectivity index (χ1v) is 9.87. The summed E-state index contributed by atoms with van der Waals surface area (Å²) >= 11 is 0. The summed E-state index contributed by atoms with van der Waals surface area (Å²) < 4.78 is 12.6. The van der Waals surface area contributed by atoms with Gasteiger partial charge < -0.3 is 19.7 Å². The average Bonchev–Trinajstić information content (AvgIpc) is 3.36. The summed E-state index contributed by atoms with van der Waals surface area (Å²) in [6.07, 6.45) is 6.09. The van der Waals surface area contributed by atoms with Crippen LogP contribution in [0, 0.1) is 0 Å². The predicted octanol–water partition coefficient (Wildman–Crippen LogP) is 3.05. The number of hydrogen-bond donors (Lipinski definition) is 1. The summed E-state index contributed by atoms with van der Waals surface area (Å²) in [5.74, 6) is 3.02. The molecule has 1 aliphatic rings. The van der Waals surface area contributed by atoms with E-state index in [-0.39, 0.29) is 24.0 Å². The molecule has 2 aromatic rings. The van der Waals surface area contributed by atoms with Crippen LogP contribution in [0.15, 0.2) is 35.6 Å². The fraction of sp³-hybridized carbons (Fsp3) is 0.524. The molecule has 7 nitrogen and oxygen atoms in total. The molecule has 1 aromatic heterocycles. The number of aromatic nitrogens is 2. The molecule has 1 unspecified atom stereocenters. The highest BCUT2D eigenvalue weighted by Gasteiger charge is 2.26. The monoisotopic (exact) mass is 513 g/mol. The number of likely N-dealkylation sites (tertiary alicyclic amines) is 1. The van der Waals surface area contributed by atoms with Crippen LogP contribution in [0.4, 0.5) is 0 Å². The minimum atomic E-state index is 0. The van der Waals surface area contributed by atoms with Crippen LogP contribution in [0.25, 0.3) is 0 Å². The van der Waals surface area contributed by atoms with Crippen molar-refractivity contribution in [1.82, 2.24) is 20.0 Å². The molecule has 0 spiro atoms. The maximum atomic E-state index is 5.39. The number of rotatable bonds is 7. The first-order valence-electron chi connectivity index (χ1n) is 9.87. The minimum Gasteiger partial charge on any atom is -0.493 e. The lowest BCUT2D eigenvalue weighted by Gasteiger charge is -2.21. The average molecular weight is 513 g/mol. The predicted molar refractivity (Wildman–Crippen MR) is 127 cm³/mol. The number of aliphatic imine (C=N–C) groups is 1. The molecule has 1 fully saturated rings. The van der Waals surface area contributed by atoms with Gasteiger partial charge in [-0.2, -0.15) is 5.10 Å². The molecule has 0 radical (unpaired) electrons. The van der Waals surface area contributed by atoms with Crippen molar-refractivity contribution in [3.8, 4) is 11.5 Å². The normalized spacial score (nSPS) is 16.5. The molecule has 1 aromatic carbocycles. The van der Waals surface area contributed by atoms with Crippen molar-refractivity contribution in [3.63, 3.8) is 0 Å². The lowest BCUT2D eigenvalue weighted by atomic mass is 10.0. The number of benzene rings is 1. The zero-order chi connectivity index (χ0) is 19.9. The SMILES string of the molecule is CCNC(=NCCc1ccc(OC)c(OC)c1)N1CCC(c2cnn(C)c2)C1.I. The van der Waals surface area contributed by atoms with Gasteiger partial charge in [0, 0.05) is 45.3 Å². The van der Waals surface area contributed by atoms with E-state index in [0.29, 0.717) is 5.92 Å². The summed E-state index contributed by atoms with van der Waals surface area (Å²) in [5, 5.41) is 7.75. The molecule has 29 heavy (non-hydrogen) atoms. The highest BCUT2D eigenvalue weighted by molar-refractivity contribution is 14.0. The zero-order valence-corrected chi connectivity index (χ0v) is 20.1. The number of methoxy groups -OCH3 is 2. The maximum Gasteiger partial charge on any atom is 0.193 e. The molecule has 0 amide bonds. The minimum absolute atomic E-state index is 0. The van der Waals surface area contributed by atoms with Crippen molar-refractivity contribution < 1.29 is 9.47 Å². The molecule has 8 heteroatoms. The van der Waals surface area contributed by atoms with Crippen LogP contribution in [0.2, 0.25) is 0 Å². The molecule has 0 saturated carbocycles. The highest BCUT2D eigenvalue weighted by atomic mass is 127. The summed E-state index contributed by atoms with van der Waals surface area (Å²) in [7, 11) is 5.28. The summed E-state index contributed by atoms with van der Waals surface area (Å²) in [6, 6.07) is 6.04. The van der Waals surface area contributed by atoms with E-state index < -0.39 is 0 Å². The van der Waals surface area contributed by atoms with Crippen LogP contribution < -0.4 is 14.8 Å². The standard InChI is InChI=1S/C21H31N5O2.HI/c1-5-22-21(26-11-9-17(15-26)18-13-24-25(2)14-18)23-10-8-16-6-7-19(27-3)20(12-16)28-4;/h6-7,12-14,17H,5,8-11,15H2,1-4H3,(H,22,23);1H. The first-order chi connectivity index (χ1) is 13.6.